The smallest absolute Gasteiger partial charge is 0.353 e. The minimum atomic E-state index is -0.410. The Morgan fingerprint density at radius 1 is 1.14 bits per heavy atom. The Kier molecular flexibility index (Phi) is 6.65. The molecule has 1 aromatic carbocycles. The summed E-state index contributed by atoms with van der Waals surface area (Å²) < 4.78 is 10.6. The Balaban J connectivity index is 1.72. The normalized spacial score (nSPS) is 14.5. The van der Waals surface area contributed by atoms with Gasteiger partial charge < -0.3 is 24.6 Å². The summed E-state index contributed by atoms with van der Waals surface area (Å²) in [4.78, 5) is 23.8. The zero-order chi connectivity index (χ0) is 20.8. The summed E-state index contributed by atoms with van der Waals surface area (Å²) in [7, 11) is 5.21. The molecule has 10 nitrogen and oxygen atoms in total. The number of hydrogen-bond acceptors (Lipinski definition) is 9. The number of likely N-dealkylation sites (N-methyl/N-ethyl adjacent to an activating group) is 1. The Morgan fingerprint density at radius 3 is 2.52 bits per heavy atom. The van der Waals surface area contributed by atoms with Crippen LogP contribution in [0.25, 0.3) is 0 Å². The first-order chi connectivity index (χ1) is 14.0. The first-order valence-corrected chi connectivity index (χ1v) is 9.41. The van der Waals surface area contributed by atoms with E-state index in [0.717, 1.165) is 18.7 Å². The number of nitrogens with one attached hydrogen (secondary N) is 1. The first-order valence-electron chi connectivity index (χ1n) is 9.41. The van der Waals surface area contributed by atoms with E-state index in [1.54, 1.807) is 14.2 Å². The highest BCUT2D eigenvalue weighted by molar-refractivity contribution is 5.70. The maximum absolute atomic E-state index is 11.8. The number of anilines is 2. The van der Waals surface area contributed by atoms with Crippen molar-refractivity contribution in [2.24, 2.45) is 0 Å². The van der Waals surface area contributed by atoms with Crippen LogP contribution >= 0.6 is 0 Å². The fourth-order valence-corrected chi connectivity index (χ4v) is 3.28. The molecule has 1 saturated heterocycles. The molecule has 1 fully saturated rings. The van der Waals surface area contributed by atoms with Crippen LogP contribution in [0.2, 0.25) is 0 Å². The molecule has 3 rings (SSSR count). The molecule has 1 aliphatic heterocycles. The van der Waals surface area contributed by atoms with Crippen LogP contribution in [-0.4, -0.2) is 73.8 Å². The lowest BCUT2D eigenvalue weighted by molar-refractivity contribution is -0.383. The number of benzene rings is 1. The van der Waals surface area contributed by atoms with Gasteiger partial charge in [0.05, 0.1) is 19.1 Å². The second-order valence-corrected chi connectivity index (χ2v) is 6.81. The number of piperazine rings is 1. The molecule has 0 atom stereocenters. The average Bonchev–Trinajstić information content (AvgIpc) is 2.73. The van der Waals surface area contributed by atoms with Gasteiger partial charge in [0, 0.05) is 32.7 Å². The van der Waals surface area contributed by atoms with E-state index in [1.807, 2.05) is 30.1 Å². The van der Waals surface area contributed by atoms with E-state index >= 15 is 0 Å². The van der Waals surface area contributed by atoms with Crippen molar-refractivity contribution in [1.82, 2.24) is 14.9 Å². The van der Waals surface area contributed by atoms with E-state index in [9.17, 15) is 10.1 Å². The van der Waals surface area contributed by atoms with Crippen molar-refractivity contribution in [3.8, 4) is 11.5 Å². The minimum Gasteiger partial charge on any atom is -0.493 e. The van der Waals surface area contributed by atoms with E-state index < -0.39 is 4.92 Å². The number of nitro groups is 1. The van der Waals surface area contributed by atoms with Gasteiger partial charge in [0.15, 0.2) is 11.5 Å². The first kappa shape index (κ1) is 20.6. The Bertz CT molecular complexity index is 855. The van der Waals surface area contributed by atoms with Crippen molar-refractivity contribution in [3.05, 3.63) is 40.2 Å². The summed E-state index contributed by atoms with van der Waals surface area (Å²) in [5, 5.41) is 14.9. The van der Waals surface area contributed by atoms with Gasteiger partial charge in [-0.1, -0.05) is 6.07 Å². The van der Waals surface area contributed by atoms with Gasteiger partial charge in [-0.15, -0.1) is 0 Å². The lowest BCUT2D eigenvalue weighted by Gasteiger charge is -2.32. The maximum Gasteiger partial charge on any atom is 0.353 e. The van der Waals surface area contributed by atoms with Crippen LogP contribution in [-0.2, 0) is 6.42 Å². The Labute approximate surface area is 169 Å². The van der Waals surface area contributed by atoms with Gasteiger partial charge in [0.25, 0.3) is 0 Å². The van der Waals surface area contributed by atoms with Crippen molar-refractivity contribution in [1.29, 1.82) is 0 Å². The summed E-state index contributed by atoms with van der Waals surface area (Å²) in [6.07, 6.45) is 2.02. The molecule has 29 heavy (non-hydrogen) atoms. The Hall–Kier alpha value is -3.14. The SMILES string of the molecule is COc1ccc(CCNc2ncnc(N3CCN(C)CC3)c2[N+](=O)[O-])cc1OC. The maximum atomic E-state index is 11.8. The number of ether oxygens (including phenoxy) is 2. The number of rotatable bonds is 8. The van der Waals surface area contributed by atoms with Gasteiger partial charge in [-0.25, -0.2) is 9.97 Å². The zero-order valence-corrected chi connectivity index (χ0v) is 16.9. The summed E-state index contributed by atoms with van der Waals surface area (Å²) >= 11 is 0. The lowest BCUT2D eigenvalue weighted by Crippen LogP contribution is -2.45. The molecule has 2 aromatic rings. The molecule has 1 aliphatic rings. The van der Waals surface area contributed by atoms with Crippen LogP contribution < -0.4 is 19.7 Å². The average molecular weight is 402 g/mol. The van der Waals surface area contributed by atoms with E-state index in [-0.39, 0.29) is 11.5 Å². The van der Waals surface area contributed by atoms with Crippen LogP contribution in [0.5, 0.6) is 11.5 Å². The Morgan fingerprint density at radius 2 is 1.86 bits per heavy atom. The second-order valence-electron chi connectivity index (χ2n) is 6.81. The van der Waals surface area contributed by atoms with Gasteiger partial charge in [-0.3, -0.25) is 10.1 Å². The molecular formula is C19H26N6O4. The third-order valence-corrected chi connectivity index (χ3v) is 4.94. The van der Waals surface area contributed by atoms with E-state index in [4.69, 9.17) is 9.47 Å². The van der Waals surface area contributed by atoms with Gasteiger partial charge in [-0.05, 0) is 31.2 Å². The molecule has 10 heteroatoms. The van der Waals surface area contributed by atoms with Crippen molar-refractivity contribution in [2.45, 2.75) is 6.42 Å². The van der Waals surface area contributed by atoms with Crippen LogP contribution in [0.1, 0.15) is 5.56 Å². The molecule has 1 N–H and O–H groups in total. The molecule has 0 unspecified atom stereocenters. The number of methoxy groups -OCH3 is 2. The molecule has 0 amide bonds. The fraction of sp³-hybridized carbons (Fsp3) is 0.474. The molecule has 156 valence electrons. The molecule has 0 radical (unpaired) electrons. The number of hydrogen-bond donors (Lipinski definition) is 1. The fourth-order valence-electron chi connectivity index (χ4n) is 3.28. The van der Waals surface area contributed by atoms with Crippen LogP contribution in [0, 0.1) is 10.1 Å². The summed E-state index contributed by atoms with van der Waals surface area (Å²) in [5.41, 5.74) is 0.940. The summed E-state index contributed by atoms with van der Waals surface area (Å²) in [5.74, 6) is 1.91. The molecule has 0 bridgehead atoms. The van der Waals surface area contributed by atoms with E-state index in [1.165, 1.54) is 6.33 Å². The van der Waals surface area contributed by atoms with Crippen molar-refractivity contribution < 1.29 is 14.4 Å². The van der Waals surface area contributed by atoms with Crippen LogP contribution in [0.4, 0.5) is 17.3 Å². The number of aromatic nitrogens is 2. The molecule has 0 aliphatic carbocycles. The van der Waals surface area contributed by atoms with E-state index in [2.05, 4.69) is 20.2 Å². The van der Waals surface area contributed by atoms with Gasteiger partial charge >= 0.3 is 5.69 Å². The molecule has 2 heterocycles. The third kappa shape index (κ3) is 4.83. The largest absolute Gasteiger partial charge is 0.493 e. The topological polar surface area (TPSA) is 106 Å². The van der Waals surface area contributed by atoms with Crippen molar-refractivity contribution in [3.63, 3.8) is 0 Å². The summed E-state index contributed by atoms with van der Waals surface area (Å²) in [6, 6.07) is 5.67. The predicted octanol–water partition coefficient (Wildman–Crippen LogP) is 1.81. The highest BCUT2D eigenvalue weighted by Crippen LogP contribution is 2.32. The summed E-state index contributed by atoms with van der Waals surface area (Å²) in [6.45, 7) is 3.54. The van der Waals surface area contributed by atoms with Gasteiger partial charge in [-0.2, -0.15) is 0 Å². The van der Waals surface area contributed by atoms with Crippen molar-refractivity contribution >= 4 is 17.3 Å². The quantitative estimate of drug-likeness (QED) is 0.522. The van der Waals surface area contributed by atoms with Gasteiger partial charge in [0.1, 0.15) is 6.33 Å². The molecule has 0 spiro atoms. The van der Waals surface area contributed by atoms with Gasteiger partial charge in [0.2, 0.25) is 11.6 Å². The van der Waals surface area contributed by atoms with Crippen LogP contribution in [0.3, 0.4) is 0 Å². The molecular weight excluding hydrogens is 376 g/mol. The van der Waals surface area contributed by atoms with E-state index in [0.29, 0.717) is 43.4 Å². The lowest BCUT2D eigenvalue weighted by atomic mass is 10.1. The highest BCUT2D eigenvalue weighted by atomic mass is 16.6. The standard InChI is InChI=1S/C19H26N6O4/c1-23-8-10-24(11-9-23)19-17(25(26)27)18(21-13-22-19)20-7-6-14-4-5-15(28-2)16(12-14)29-3/h4-5,12-13H,6-11H2,1-3H3,(H,20,21,22). The van der Waals surface area contributed by atoms with Crippen LogP contribution in [0.15, 0.2) is 24.5 Å². The third-order valence-electron chi connectivity index (χ3n) is 4.94. The number of nitrogens with zero attached hydrogens (tertiary/aromatic N) is 5. The highest BCUT2D eigenvalue weighted by Gasteiger charge is 2.28. The second kappa shape index (κ2) is 9.37. The predicted molar refractivity (Wildman–Crippen MR) is 110 cm³/mol. The monoisotopic (exact) mass is 402 g/mol. The minimum absolute atomic E-state index is 0.0793. The molecule has 1 aromatic heterocycles. The van der Waals surface area contributed by atoms with Crippen molar-refractivity contribution in [2.75, 3.05) is 64.2 Å². The zero-order valence-electron chi connectivity index (χ0n) is 16.9. The molecule has 0 saturated carbocycles.